The van der Waals surface area contributed by atoms with E-state index in [-0.39, 0.29) is 24.4 Å². The number of amides is 2. The van der Waals surface area contributed by atoms with Crippen LogP contribution in [0, 0.1) is 0 Å². The van der Waals surface area contributed by atoms with Crippen LogP contribution in [0.5, 0.6) is 0 Å². The van der Waals surface area contributed by atoms with Crippen LogP contribution in [0.3, 0.4) is 0 Å². The second kappa shape index (κ2) is 5.68. The lowest BCUT2D eigenvalue weighted by atomic mass is 9.92. The highest BCUT2D eigenvalue weighted by molar-refractivity contribution is 5.90. The minimum Gasteiger partial charge on any atom is -0.386 e. The standard InChI is InChI=1S/C14H21N5O3/c1-17-11(3-4-12(17)20)13(21)18-7-2-5-14(22,9-18)10-19-8-6-15-16-19/h6,8,11,22H,2-5,7,9-10H2,1H3/t11-,14?/m0/s1. The summed E-state index contributed by atoms with van der Waals surface area (Å²) >= 11 is 0. The van der Waals surface area contributed by atoms with Crippen LogP contribution in [0.2, 0.25) is 0 Å². The van der Waals surface area contributed by atoms with E-state index in [4.69, 9.17) is 0 Å². The Morgan fingerprint density at radius 2 is 2.36 bits per heavy atom. The summed E-state index contributed by atoms with van der Waals surface area (Å²) in [6.45, 7) is 1.21. The molecule has 0 spiro atoms. The molecule has 3 heterocycles. The third-order valence-electron chi connectivity index (χ3n) is 4.57. The van der Waals surface area contributed by atoms with E-state index in [0.29, 0.717) is 32.4 Å². The minimum atomic E-state index is -0.997. The van der Waals surface area contributed by atoms with Crippen molar-refractivity contribution in [1.29, 1.82) is 0 Å². The van der Waals surface area contributed by atoms with Crippen LogP contribution in [0.15, 0.2) is 12.4 Å². The number of hydrogen-bond donors (Lipinski definition) is 1. The van der Waals surface area contributed by atoms with Crippen molar-refractivity contribution in [2.75, 3.05) is 20.1 Å². The molecule has 2 aliphatic heterocycles. The first kappa shape index (κ1) is 15.0. The largest absolute Gasteiger partial charge is 0.386 e. The molecule has 0 bridgehead atoms. The smallest absolute Gasteiger partial charge is 0.245 e. The molecular weight excluding hydrogens is 286 g/mol. The number of hydrogen-bond acceptors (Lipinski definition) is 5. The number of aliphatic hydroxyl groups is 1. The Morgan fingerprint density at radius 3 is 3.00 bits per heavy atom. The molecule has 2 fully saturated rings. The molecular formula is C14H21N5O3. The van der Waals surface area contributed by atoms with E-state index < -0.39 is 5.60 Å². The highest BCUT2D eigenvalue weighted by Crippen LogP contribution is 2.26. The van der Waals surface area contributed by atoms with Crippen LogP contribution < -0.4 is 0 Å². The topological polar surface area (TPSA) is 91.6 Å². The number of carbonyl (C=O) groups is 2. The van der Waals surface area contributed by atoms with E-state index in [9.17, 15) is 14.7 Å². The molecule has 1 aromatic rings. The van der Waals surface area contributed by atoms with Crippen LogP contribution in [0.25, 0.3) is 0 Å². The maximum atomic E-state index is 12.6. The van der Waals surface area contributed by atoms with Crippen LogP contribution in [-0.2, 0) is 16.1 Å². The van der Waals surface area contributed by atoms with Gasteiger partial charge in [0.15, 0.2) is 0 Å². The second-order valence-electron chi connectivity index (χ2n) is 6.25. The van der Waals surface area contributed by atoms with Gasteiger partial charge in [0.05, 0.1) is 19.3 Å². The van der Waals surface area contributed by atoms with Crippen molar-refractivity contribution >= 4 is 11.8 Å². The molecule has 2 amide bonds. The zero-order valence-corrected chi connectivity index (χ0v) is 12.7. The minimum absolute atomic E-state index is 0.00763. The van der Waals surface area contributed by atoms with E-state index in [1.54, 1.807) is 29.0 Å². The van der Waals surface area contributed by atoms with Crippen molar-refractivity contribution < 1.29 is 14.7 Å². The fourth-order valence-corrected chi connectivity index (χ4v) is 3.35. The molecule has 0 radical (unpaired) electrons. The highest BCUT2D eigenvalue weighted by Gasteiger charge is 2.41. The Hall–Kier alpha value is -1.96. The number of likely N-dealkylation sites (tertiary alicyclic amines) is 2. The fraction of sp³-hybridized carbons (Fsp3) is 0.714. The molecule has 120 valence electrons. The number of aromatic nitrogens is 3. The molecule has 3 rings (SSSR count). The Labute approximate surface area is 128 Å². The zero-order valence-electron chi connectivity index (χ0n) is 12.7. The summed E-state index contributed by atoms with van der Waals surface area (Å²) in [4.78, 5) is 27.4. The van der Waals surface area contributed by atoms with Gasteiger partial charge in [0.25, 0.3) is 0 Å². The van der Waals surface area contributed by atoms with Gasteiger partial charge in [0.2, 0.25) is 11.8 Å². The molecule has 22 heavy (non-hydrogen) atoms. The third kappa shape index (κ3) is 2.83. The van der Waals surface area contributed by atoms with Gasteiger partial charge in [-0.1, -0.05) is 5.21 Å². The number of β-amino-alcohol motifs (C(OH)–C–C–N with tert-alkyl or cyclic N) is 1. The first-order chi connectivity index (χ1) is 10.5. The van der Waals surface area contributed by atoms with Crippen molar-refractivity contribution in [2.45, 2.75) is 43.9 Å². The van der Waals surface area contributed by atoms with Crippen molar-refractivity contribution in [1.82, 2.24) is 24.8 Å². The summed E-state index contributed by atoms with van der Waals surface area (Å²) in [7, 11) is 1.67. The Kier molecular flexibility index (Phi) is 3.86. The Bertz CT molecular complexity index is 561. The predicted molar refractivity (Wildman–Crippen MR) is 76.6 cm³/mol. The van der Waals surface area contributed by atoms with Gasteiger partial charge in [-0.2, -0.15) is 0 Å². The zero-order chi connectivity index (χ0) is 15.7. The average Bonchev–Trinajstić information content (AvgIpc) is 3.09. The molecule has 2 aliphatic rings. The van der Waals surface area contributed by atoms with Crippen LogP contribution in [0.1, 0.15) is 25.7 Å². The summed E-state index contributed by atoms with van der Waals surface area (Å²) in [6.07, 6.45) is 5.60. The first-order valence-corrected chi connectivity index (χ1v) is 7.59. The first-order valence-electron chi connectivity index (χ1n) is 7.59. The van der Waals surface area contributed by atoms with E-state index in [1.165, 1.54) is 4.90 Å². The van der Waals surface area contributed by atoms with Gasteiger partial charge in [-0.05, 0) is 19.3 Å². The van der Waals surface area contributed by atoms with Crippen molar-refractivity contribution in [3.8, 4) is 0 Å². The van der Waals surface area contributed by atoms with Gasteiger partial charge in [-0.25, -0.2) is 4.68 Å². The molecule has 1 unspecified atom stereocenters. The monoisotopic (exact) mass is 307 g/mol. The van der Waals surface area contributed by atoms with Crippen LogP contribution >= 0.6 is 0 Å². The van der Waals surface area contributed by atoms with Crippen molar-refractivity contribution in [2.24, 2.45) is 0 Å². The Balaban J connectivity index is 1.67. The quantitative estimate of drug-likeness (QED) is 0.793. The molecule has 0 aromatic carbocycles. The maximum Gasteiger partial charge on any atom is 0.245 e. The normalized spacial score (nSPS) is 29.2. The fourth-order valence-electron chi connectivity index (χ4n) is 3.35. The molecule has 2 saturated heterocycles. The molecule has 8 heteroatoms. The van der Waals surface area contributed by atoms with Gasteiger partial charge in [0.1, 0.15) is 11.6 Å². The molecule has 1 N–H and O–H groups in total. The lowest BCUT2D eigenvalue weighted by Gasteiger charge is -2.40. The summed E-state index contributed by atoms with van der Waals surface area (Å²) in [5, 5.41) is 18.4. The second-order valence-corrected chi connectivity index (χ2v) is 6.25. The van der Waals surface area contributed by atoms with Crippen LogP contribution in [-0.4, -0.2) is 73.5 Å². The van der Waals surface area contributed by atoms with E-state index in [2.05, 4.69) is 10.3 Å². The van der Waals surface area contributed by atoms with E-state index >= 15 is 0 Å². The van der Waals surface area contributed by atoms with Gasteiger partial charge in [-0.3, -0.25) is 9.59 Å². The summed E-state index contributed by atoms with van der Waals surface area (Å²) in [6, 6.07) is -0.388. The lowest BCUT2D eigenvalue weighted by molar-refractivity contribution is -0.146. The molecule has 0 aliphatic carbocycles. The average molecular weight is 307 g/mol. The van der Waals surface area contributed by atoms with Crippen molar-refractivity contribution in [3.05, 3.63) is 12.4 Å². The van der Waals surface area contributed by atoms with E-state index in [1.807, 2.05) is 0 Å². The van der Waals surface area contributed by atoms with Gasteiger partial charge in [-0.15, -0.1) is 5.10 Å². The van der Waals surface area contributed by atoms with Gasteiger partial charge < -0.3 is 14.9 Å². The van der Waals surface area contributed by atoms with E-state index in [0.717, 1.165) is 6.42 Å². The molecule has 8 nitrogen and oxygen atoms in total. The van der Waals surface area contributed by atoms with Gasteiger partial charge >= 0.3 is 0 Å². The summed E-state index contributed by atoms with van der Waals surface area (Å²) < 4.78 is 1.58. The van der Waals surface area contributed by atoms with Crippen LogP contribution in [0.4, 0.5) is 0 Å². The SMILES string of the molecule is CN1C(=O)CC[C@H]1C(=O)N1CCCC(O)(Cn2ccnn2)C1. The molecule has 1 aromatic heterocycles. The number of piperidine rings is 1. The molecule has 0 saturated carbocycles. The predicted octanol–water partition coefficient (Wildman–Crippen LogP) is -0.748. The number of likely N-dealkylation sites (N-methyl/N-ethyl adjacent to an activating group) is 1. The highest BCUT2D eigenvalue weighted by atomic mass is 16.3. The Morgan fingerprint density at radius 1 is 1.55 bits per heavy atom. The number of nitrogens with zero attached hydrogens (tertiary/aromatic N) is 5. The third-order valence-corrected chi connectivity index (χ3v) is 4.57. The molecule has 2 atom stereocenters. The summed E-state index contributed by atoms with van der Waals surface area (Å²) in [5.41, 5.74) is -0.997. The van der Waals surface area contributed by atoms with Gasteiger partial charge in [0, 0.05) is 26.2 Å². The number of carbonyl (C=O) groups excluding carboxylic acids is 2. The maximum absolute atomic E-state index is 12.6. The van der Waals surface area contributed by atoms with Crippen molar-refractivity contribution in [3.63, 3.8) is 0 Å². The number of rotatable bonds is 3. The lowest BCUT2D eigenvalue weighted by Crippen LogP contribution is -2.56. The summed E-state index contributed by atoms with van der Waals surface area (Å²) in [5.74, 6) is -0.0571.